The van der Waals surface area contributed by atoms with Gasteiger partial charge >= 0.3 is 0 Å². The Hall–Kier alpha value is 0.710. The van der Waals surface area contributed by atoms with E-state index in [1.54, 1.807) is 18.2 Å². The normalized spacial score (nSPS) is 11.9. The predicted octanol–water partition coefficient (Wildman–Crippen LogP) is 1.44. The first-order chi connectivity index (χ1) is 5.86. The average Bonchev–Trinajstić information content (AvgIpc) is 2.04. The summed E-state index contributed by atoms with van der Waals surface area (Å²) in [4.78, 5) is 0. The van der Waals surface area contributed by atoms with Gasteiger partial charge in [-0.05, 0) is 0 Å². The number of alkyl halides is 2. The van der Waals surface area contributed by atoms with Crippen LogP contribution in [0, 0.1) is 0 Å². The van der Waals surface area contributed by atoms with E-state index < -0.39 is 13.8 Å². The molecule has 0 aliphatic carbocycles. The Morgan fingerprint density at radius 2 is 1.57 bits per heavy atom. The third-order valence-electron chi connectivity index (χ3n) is 1.42. The molecule has 0 atom stereocenters. The molecule has 14 heavy (non-hydrogen) atoms. The number of rotatable bonds is 2. The minimum Gasteiger partial charge on any atom is -0.745 e. The van der Waals surface area contributed by atoms with Crippen LogP contribution in [0.2, 0.25) is 0 Å². The van der Waals surface area contributed by atoms with Gasteiger partial charge in [-0.15, -0.1) is 0 Å². The molecule has 0 aliphatic heterocycles. The molecule has 1 rings (SSSR count). The van der Waals surface area contributed by atoms with E-state index in [2.05, 4.69) is 0 Å². The fourth-order valence-electron chi connectivity index (χ4n) is 0.777. The topological polar surface area (TPSA) is 57.2 Å². The summed E-state index contributed by atoms with van der Waals surface area (Å²) >= 11 is 10.8. The summed E-state index contributed by atoms with van der Waals surface area (Å²) < 4.78 is 29.5. The first kappa shape index (κ1) is 14.7. The standard InChI is InChI=1S/C7H6Cl2O3S.Na/c8-7(9,13(10,11)12)6-4-2-1-3-5-6;/h1-5H,(H,10,11,12);/p-1. The van der Waals surface area contributed by atoms with E-state index in [1.165, 1.54) is 12.1 Å². The molecule has 3 nitrogen and oxygen atoms in total. The van der Waals surface area contributed by atoms with Crippen LogP contribution < -0.4 is 0 Å². The van der Waals surface area contributed by atoms with Gasteiger partial charge in [0.05, 0.1) is 0 Å². The van der Waals surface area contributed by atoms with Crippen LogP contribution in [0.5, 0.6) is 0 Å². The van der Waals surface area contributed by atoms with Gasteiger partial charge in [0.2, 0.25) is 3.67 Å². The monoisotopic (exact) mass is 262 g/mol. The first-order valence-electron chi connectivity index (χ1n) is 3.24. The maximum absolute atomic E-state index is 10.6. The second kappa shape index (κ2) is 5.16. The fraction of sp³-hybridized carbons (Fsp3) is 0.143. The van der Waals surface area contributed by atoms with Crippen LogP contribution in [0.3, 0.4) is 0 Å². The van der Waals surface area contributed by atoms with E-state index in [0.29, 0.717) is 0 Å². The van der Waals surface area contributed by atoms with Crippen molar-refractivity contribution in [1.29, 1.82) is 0 Å². The number of hydrogen-bond donors (Lipinski definition) is 0. The van der Waals surface area contributed by atoms with Crippen LogP contribution >= 0.6 is 23.2 Å². The Kier molecular flexibility index (Phi) is 5.43. The van der Waals surface area contributed by atoms with Gasteiger partial charge in [0, 0.05) is 35.1 Å². The number of halogens is 2. The van der Waals surface area contributed by atoms with Crippen LogP contribution in [0.4, 0.5) is 0 Å². The Balaban J connectivity index is 0.00000169. The molecule has 0 aliphatic rings. The molecule has 0 N–H and O–H groups in total. The molecule has 0 bridgehead atoms. The molecule has 1 aromatic carbocycles. The predicted molar refractivity (Wildman–Crippen MR) is 55.3 cm³/mol. The van der Waals surface area contributed by atoms with Gasteiger partial charge in [0.1, 0.15) is 10.1 Å². The molecule has 0 amide bonds. The Morgan fingerprint density at radius 3 is 1.93 bits per heavy atom. The van der Waals surface area contributed by atoms with Crippen LogP contribution in [0.15, 0.2) is 30.3 Å². The molecule has 0 saturated heterocycles. The summed E-state index contributed by atoms with van der Waals surface area (Å²) in [7, 11) is -4.77. The summed E-state index contributed by atoms with van der Waals surface area (Å²) in [5.74, 6) is 0. The molecular formula is C7H5Cl2NaO3S-. The van der Waals surface area contributed by atoms with Crippen molar-refractivity contribution in [1.82, 2.24) is 0 Å². The molecule has 1 radical (unpaired) electrons. The summed E-state index contributed by atoms with van der Waals surface area (Å²) in [5, 5.41) is 0. The largest absolute Gasteiger partial charge is 0.745 e. The van der Waals surface area contributed by atoms with Gasteiger partial charge in [-0.25, -0.2) is 8.42 Å². The third kappa shape index (κ3) is 3.10. The fourth-order valence-corrected chi connectivity index (χ4v) is 1.45. The van der Waals surface area contributed by atoms with Crippen molar-refractivity contribution >= 4 is 62.9 Å². The van der Waals surface area contributed by atoms with E-state index in [4.69, 9.17) is 23.2 Å². The van der Waals surface area contributed by atoms with Crippen molar-refractivity contribution < 1.29 is 13.0 Å². The minimum atomic E-state index is -4.77. The van der Waals surface area contributed by atoms with Crippen molar-refractivity contribution in [2.75, 3.05) is 0 Å². The molecule has 0 heterocycles. The molecule has 0 aromatic heterocycles. The van der Waals surface area contributed by atoms with E-state index in [9.17, 15) is 13.0 Å². The summed E-state index contributed by atoms with van der Waals surface area (Å²) in [6.07, 6.45) is 0. The summed E-state index contributed by atoms with van der Waals surface area (Å²) in [5.41, 5.74) is 0.0494. The number of benzene rings is 1. The van der Waals surface area contributed by atoms with Crippen LogP contribution in [-0.2, 0) is 13.8 Å². The molecular weight excluding hydrogens is 258 g/mol. The molecule has 0 saturated carbocycles. The molecule has 0 fully saturated rings. The van der Waals surface area contributed by atoms with Crippen LogP contribution in [-0.4, -0.2) is 42.5 Å². The van der Waals surface area contributed by atoms with Gasteiger partial charge in [0.15, 0.2) is 0 Å². The van der Waals surface area contributed by atoms with E-state index in [0.717, 1.165) is 0 Å². The van der Waals surface area contributed by atoms with Crippen molar-refractivity contribution in [2.45, 2.75) is 3.67 Å². The van der Waals surface area contributed by atoms with E-state index in [1.807, 2.05) is 0 Å². The van der Waals surface area contributed by atoms with E-state index >= 15 is 0 Å². The molecule has 7 heteroatoms. The second-order valence-corrected chi connectivity index (χ2v) is 5.63. The first-order valence-corrected chi connectivity index (χ1v) is 5.41. The van der Waals surface area contributed by atoms with Gasteiger partial charge in [-0.3, -0.25) is 0 Å². The maximum Gasteiger partial charge on any atom is 0.231 e. The van der Waals surface area contributed by atoms with E-state index in [-0.39, 0.29) is 35.1 Å². The molecule has 0 unspecified atom stereocenters. The zero-order chi connectivity index (χ0) is 10.1. The Bertz CT molecular complexity index is 391. The van der Waals surface area contributed by atoms with Gasteiger partial charge in [-0.2, -0.15) is 0 Å². The van der Waals surface area contributed by atoms with Crippen LogP contribution in [0.25, 0.3) is 0 Å². The summed E-state index contributed by atoms with van der Waals surface area (Å²) in [6.45, 7) is 0. The quantitative estimate of drug-likeness (QED) is 0.461. The minimum absolute atomic E-state index is 0. The Labute approximate surface area is 114 Å². The van der Waals surface area contributed by atoms with Crippen molar-refractivity contribution in [2.24, 2.45) is 0 Å². The zero-order valence-corrected chi connectivity index (χ0v) is 11.6. The molecule has 1 aromatic rings. The molecule has 73 valence electrons. The molecule has 0 spiro atoms. The number of hydrogen-bond acceptors (Lipinski definition) is 3. The van der Waals surface area contributed by atoms with Crippen molar-refractivity contribution in [3.05, 3.63) is 35.9 Å². The second-order valence-electron chi connectivity index (χ2n) is 2.34. The zero-order valence-electron chi connectivity index (χ0n) is 7.28. The van der Waals surface area contributed by atoms with Gasteiger partial charge < -0.3 is 4.55 Å². The summed E-state index contributed by atoms with van der Waals surface area (Å²) in [6, 6.07) is 7.48. The van der Waals surface area contributed by atoms with Crippen LogP contribution in [0.1, 0.15) is 5.56 Å². The maximum atomic E-state index is 10.6. The van der Waals surface area contributed by atoms with Crippen molar-refractivity contribution in [3.8, 4) is 0 Å². The Morgan fingerprint density at radius 1 is 1.14 bits per heavy atom. The van der Waals surface area contributed by atoms with Gasteiger partial charge in [0.25, 0.3) is 0 Å². The third-order valence-corrected chi connectivity index (χ3v) is 3.86. The van der Waals surface area contributed by atoms with Crippen molar-refractivity contribution in [3.63, 3.8) is 0 Å². The average molecular weight is 263 g/mol. The van der Waals surface area contributed by atoms with Gasteiger partial charge in [-0.1, -0.05) is 53.5 Å². The SMILES string of the molecule is O=S(=O)([O-])C(Cl)(Cl)c1ccccc1.[Na]. The smallest absolute Gasteiger partial charge is 0.231 e.